The smallest absolute Gasteiger partial charge is 0.419 e. The lowest BCUT2D eigenvalue weighted by Crippen LogP contribution is -2.19. The molecule has 2 heterocycles. The van der Waals surface area contributed by atoms with E-state index in [1.807, 2.05) is 27.7 Å². The second-order valence-corrected chi connectivity index (χ2v) is 6.17. The Hall–Kier alpha value is -2.24. The zero-order chi connectivity index (χ0) is 15.9. The summed E-state index contributed by atoms with van der Waals surface area (Å²) in [6, 6.07) is 1.59. The second kappa shape index (κ2) is 4.95. The summed E-state index contributed by atoms with van der Waals surface area (Å²) in [5, 5.41) is 0. The minimum atomic E-state index is -0.626. The lowest BCUT2D eigenvalue weighted by molar-refractivity contribution is 0.0970. The van der Waals surface area contributed by atoms with Gasteiger partial charge in [-0.1, -0.05) is 20.8 Å². The number of nitrogens with two attached hydrogens (primary N) is 1. The van der Waals surface area contributed by atoms with Crippen LogP contribution in [0, 0.1) is 13.8 Å². The van der Waals surface area contributed by atoms with E-state index in [9.17, 15) is 9.59 Å². The summed E-state index contributed by atoms with van der Waals surface area (Å²) in [6.07, 6.45) is 0. The third kappa shape index (κ3) is 2.79. The maximum Gasteiger partial charge on any atom is 0.419 e. The van der Waals surface area contributed by atoms with Crippen LogP contribution >= 0.6 is 0 Å². The molecule has 0 unspecified atom stereocenters. The van der Waals surface area contributed by atoms with Gasteiger partial charge in [-0.05, 0) is 19.9 Å². The van der Waals surface area contributed by atoms with Crippen molar-refractivity contribution in [2.24, 2.45) is 5.73 Å². The highest BCUT2D eigenvalue weighted by molar-refractivity contribution is 5.90. The molecule has 114 valence electrons. The molecule has 0 aliphatic rings. The van der Waals surface area contributed by atoms with Gasteiger partial charge in [0.05, 0.1) is 12.2 Å². The van der Waals surface area contributed by atoms with E-state index in [-0.39, 0.29) is 17.7 Å². The zero-order valence-electron chi connectivity index (χ0n) is 12.9. The maximum atomic E-state index is 11.8. The first-order valence-electron chi connectivity index (χ1n) is 6.71. The number of primary amides is 1. The van der Waals surface area contributed by atoms with E-state index in [4.69, 9.17) is 14.6 Å². The van der Waals surface area contributed by atoms with Crippen LogP contribution in [0.2, 0.25) is 0 Å². The zero-order valence-corrected chi connectivity index (χ0v) is 12.9. The van der Waals surface area contributed by atoms with Gasteiger partial charge in [-0.3, -0.25) is 9.36 Å². The fraction of sp³-hybridized carbons (Fsp3) is 0.467. The van der Waals surface area contributed by atoms with Crippen LogP contribution < -0.4 is 11.5 Å². The molecule has 2 rings (SSSR count). The van der Waals surface area contributed by atoms with Crippen molar-refractivity contribution in [2.75, 3.05) is 0 Å². The number of nitrogens with zero attached hydrogens (tertiary/aromatic N) is 1. The summed E-state index contributed by atoms with van der Waals surface area (Å²) < 4.78 is 12.2. The van der Waals surface area contributed by atoms with E-state index in [2.05, 4.69) is 0 Å². The van der Waals surface area contributed by atoms with Gasteiger partial charge in [0, 0.05) is 11.0 Å². The molecule has 1 amide bonds. The molecular formula is C15H20N2O4. The SMILES string of the molecule is Cc1oc(=O)n(Cc2cc(C(N)=O)oc2C(C)(C)C)c1C. The van der Waals surface area contributed by atoms with E-state index in [0.29, 0.717) is 11.5 Å². The van der Waals surface area contributed by atoms with Gasteiger partial charge in [0.2, 0.25) is 0 Å². The monoisotopic (exact) mass is 292 g/mol. The molecule has 2 aromatic rings. The minimum absolute atomic E-state index is 0.0980. The van der Waals surface area contributed by atoms with Gasteiger partial charge in [-0.2, -0.15) is 0 Å². The Kier molecular flexibility index (Phi) is 3.57. The Labute approximate surface area is 122 Å². The number of rotatable bonds is 3. The summed E-state index contributed by atoms with van der Waals surface area (Å²) in [4.78, 5) is 23.2. The Morgan fingerprint density at radius 2 is 1.90 bits per heavy atom. The highest BCUT2D eigenvalue weighted by atomic mass is 16.4. The van der Waals surface area contributed by atoms with E-state index in [0.717, 1.165) is 11.3 Å². The van der Waals surface area contributed by atoms with Crippen LogP contribution in [0.25, 0.3) is 0 Å². The predicted molar refractivity (Wildman–Crippen MR) is 77.5 cm³/mol. The molecule has 21 heavy (non-hydrogen) atoms. The molecule has 0 saturated heterocycles. The Morgan fingerprint density at radius 3 is 2.33 bits per heavy atom. The standard InChI is InChI=1S/C15H20N2O4/c1-8-9(2)20-14(19)17(8)7-10-6-11(13(16)18)21-12(10)15(3,4)5/h6H,7H2,1-5H3,(H2,16,18). The van der Waals surface area contributed by atoms with Gasteiger partial charge in [0.15, 0.2) is 5.76 Å². The van der Waals surface area contributed by atoms with Crippen molar-refractivity contribution in [3.63, 3.8) is 0 Å². The minimum Gasteiger partial charge on any atom is -0.455 e. The molecule has 6 heteroatoms. The topological polar surface area (TPSA) is 91.4 Å². The van der Waals surface area contributed by atoms with Gasteiger partial charge in [-0.25, -0.2) is 4.79 Å². The number of hydrogen-bond acceptors (Lipinski definition) is 4. The molecule has 0 fully saturated rings. The fourth-order valence-corrected chi connectivity index (χ4v) is 2.24. The van der Waals surface area contributed by atoms with Gasteiger partial charge >= 0.3 is 5.76 Å². The van der Waals surface area contributed by atoms with Gasteiger partial charge in [-0.15, -0.1) is 0 Å². The number of hydrogen-bond donors (Lipinski definition) is 1. The van der Waals surface area contributed by atoms with Gasteiger partial charge in [0.25, 0.3) is 5.91 Å². The van der Waals surface area contributed by atoms with E-state index >= 15 is 0 Å². The van der Waals surface area contributed by atoms with Crippen LogP contribution in [0.4, 0.5) is 0 Å². The number of oxazole rings is 1. The number of aromatic nitrogens is 1. The molecule has 2 N–H and O–H groups in total. The molecule has 0 saturated carbocycles. The average molecular weight is 292 g/mol. The van der Waals surface area contributed by atoms with Crippen molar-refractivity contribution in [3.8, 4) is 0 Å². The first kappa shape index (κ1) is 15.2. The summed E-state index contributed by atoms with van der Waals surface area (Å²) in [7, 11) is 0. The summed E-state index contributed by atoms with van der Waals surface area (Å²) in [6.45, 7) is 9.74. The highest BCUT2D eigenvalue weighted by Gasteiger charge is 2.26. The molecule has 2 aromatic heterocycles. The predicted octanol–water partition coefficient (Wildman–Crippen LogP) is 2.10. The molecule has 0 radical (unpaired) electrons. The third-order valence-corrected chi connectivity index (χ3v) is 3.44. The van der Waals surface area contributed by atoms with Crippen LogP contribution in [-0.4, -0.2) is 10.5 Å². The largest absolute Gasteiger partial charge is 0.455 e. The molecule has 0 atom stereocenters. The quantitative estimate of drug-likeness (QED) is 0.937. The van der Waals surface area contributed by atoms with Crippen LogP contribution in [0.1, 0.15) is 54.1 Å². The lowest BCUT2D eigenvalue weighted by Gasteiger charge is -2.17. The molecule has 0 aromatic carbocycles. The molecule has 0 bridgehead atoms. The molecule has 0 spiro atoms. The summed E-state index contributed by atoms with van der Waals surface area (Å²) in [5.41, 5.74) is 6.47. The molecular weight excluding hydrogens is 272 g/mol. The Morgan fingerprint density at radius 1 is 1.29 bits per heavy atom. The normalized spacial score (nSPS) is 11.9. The number of carbonyl (C=O) groups is 1. The van der Waals surface area contributed by atoms with Crippen molar-refractivity contribution >= 4 is 5.91 Å². The first-order valence-corrected chi connectivity index (χ1v) is 6.71. The second-order valence-electron chi connectivity index (χ2n) is 6.17. The third-order valence-electron chi connectivity index (χ3n) is 3.44. The first-order chi connectivity index (χ1) is 9.61. The summed E-state index contributed by atoms with van der Waals surface area (Å²) >= 11 is 0. The number of furan rings is 1. The lowest BCUT2D eigenvalue weighted by atomic mass is 9.90. The molecule has 0 aliphatic carbocycles. The van der Waals surface area contributed by atoms with Crippen LogP contribution in [0.15, 0.2) is 19.7 Å². The summed E-state index contributed by atoms with van der Waals surface area (Å²) in [5.74, 6) is 0.268. The Bertz CT molecular complexity index is 741. The maximum absolute atomic E-state index is 11.8. The van der Waals surface area contributed by atoms with Crippen molar-refractivity contribution in [1.82, 2.24) is 4.57 Å². The van der Waals surface area contributed by atoms with E-state index in [1.165, 1.54) is 4.57 Å². The van der Waals surface area contributed by atoms with Crippen molar-refractivity contribution in [1.29, 1.82) is 0 Å². The van der Waals surface area contributed by atoms with Gasteiger partial charge < -0.3 is 14.6 Å². The fourth-order valence-electron chi connectivity index (χ4n) is 2.24. The van der Waals surface area contributed by atoms with Crippen LogP contribution in [-0.2, 0) is 12.0 Å². The van der Waals surface area contributed by atoms with E-state index < -0.39 is 11.7 Å². The number of amides is 1. The van der Waals surface area contributed by atoms with E-state index in [1.54, 1.807) is 13.0 Å². The van der Waals surface area contributed by atoms with Crippen LogP contribution in [0.5, 0.6) is 0 Å². The Balaban J connectivity index is 2.53. The average Bonchev–Trinajstić information content (AvgIpc) is 2.87. The van der Waals surface area contributed by atoms with Crippen molar-refractivity contribution in [3.05, 3.63) is 45.2 Å². The number of aryl methyl sites for hydroxylation is 1. The molecule has 6 nitrogen and oxygen atoms in total. The highest BCUT2D eigenvalue weighted by Crippen LogP contribution is 2.29. The van der Waals surface area contributed by atoms with Crippen molar-refractivity contribution in [2.45, 2.75) is 46.6 Å². The van der Waals surface area contributed by atoms with Gasteiger partial charge in [0.1, 0.15) is 11.5 Å². The number of carbonyl (C=O) groups excluding carboxylic acids is 1. The van der Waals surface area contributed by atoms with Crippen LogP contribution in [0.3, 0.4) is 0 Å². The van der Waals surface area contributed by atoms with Crippen molar-refractivity contribution < 1.29 is 13.6 Å². The molecule has 0 aliphatic heterocycles.